The van der Waals surface area contributed by atoms with Crippen molar-refractivity contribution < 1.29 is 0 Å². The van der Waals surface area contributed by atoms with E-state index in [4.69, 9.17) is 0 Å². The highest BCUT2D eigenvalue weighted by Gasteiger charge is 1.98. The monoisotopic (exact) mass is 280 g/mol. The lowest BCUT2D eigenvalue weighted by atomic mass is 10.3. The Balaban J connectivity index is 2.05. The molecule has 5 heteroatoms. The summed E-state index contributed by atoms with van der Waals surface area (Å²) >= 11 is 3.37. The number of nitrogens with zero attached hydrogens (tertiary/aromatic N) is 3. The average molecular weight is 281 g/mol. The second-order valence-electron chi connectivity index (χ2n) is 3.44. The fraction of sp³-hybridized carbons (Fsp3) is 0.273. The van der Waals surface area contributed by atoms with Gasteiger partial charge in [0.05, 0.1) is 17.2 Å². The number of nitrogens with one attached hydrogen (secondary N) is 1. The zero-order valence-corrected chi connectivity index (χ0v) is 10.6. The van der Waals surface area contributed by atoms with E-state index >= 15 is 0 Å². The first-order valence-corrected chi connectivity index (χ1v) is 5.94. The van der Waals surface area contributed by atoms with Crippen LogP contribution >= 0.6 is 15.9 Å². The summed E-state index contributed by atoms with van der Waals surface area (Å²) in [5.74, 6) is 0.910. The Labute approximate surface area is 103 Å². The topological polar surface area (TPSA) is 42.7 Å². The van der Waals surface area contributed by atoms with Gasteiger partial charge in [0.1, 0.15) is 5.82 Å². The molecular weight excluding hydrogens is 268 g/mol. The highest BCUT2D eigenvalue weighted by atomic mass is 79.9. The van der Waals surface area contributed by atoms with Crippen LogP contribution in [0, 0.1) is 0 Å². The van der Waals surface area contributed by atoms with E-state index in [0.29, 0.717) is 0 Å². The van der Waals surface area contributed by atoms with Crippen molar-refractivity contribution in [2.75, 3.05) is 11.9 Å². The average Bonchev–Trinajstić information content (AvgIpc) is 2.67. The summed E-state index contributed by atoms with van der Waals surface area (Å²) in [6, 6.07) is 4.04. The van der Waals surface area contributed by atoms with E-state index in [1.54, 1.807) is 6.20 Å². The Morgan fingerprint density at radius 3 is 2.81 bits per heavy atom. The van der Waals surface area contributed by atoms with Gasteiger partial charge in [-0.15, -0.1) is 0 Å². The molecule has 2 heterocycles. The van der Waals surface area contributed by atoms with Crippen molar-refractivity contribution in [3.05, 3.63) is 40.8 Å². The van der Waals surface area contributed by atoms with E-state index in [1.165, 1.54) is 0 Å². The molecule has 0 unspecified atom stereocenters. The molecule has 0 aliphatic rings. The van der Waals surface area contributed by atoms with E-state index in [1.807, 2.05) is 23.1 Å². The second kappa shape index (κ2) is 5.12. The Kier molecular flexibility index (Phi) is 3.56. The lowest BCUT2D eigenvalue weighted by Gasteiger charge is -2.04. The van der Waals surface area contributed by atoms with Crippen LogP contribution in [0.15, 0.2) is 35.2 Å². The van der Waals surface area contributed by atoms with E-state index in [-0.39, 0.29) is 0 Å². The molecule has 0 aromatic carbocycles. The van der Waals surface area contributed by atoms with Gasteiger partial charge < -0.3 is 5.32 Å². The zero-order valence-electron chi connectivity index (χ0n) is 9.02. The van der Waals surface area contributed by atoms with Crippen LogP contribution in [0.1, 0.15) is 12.5 Å². The molecule has 0 fully saturated rings. The van der Waals surface area contributed by atoms with Crippen molar-refractivity contribution in [1.29, 1.82) is 0 Å². The molecule has 0 saturated heterocycles. The molecule has 0 radical (unpaired) electrons. The summed E-state index contributed by atoms with van der Waals surface area (Å²) < 4.78 is 2.86. The Morgan fingerprint density at radius 1 is 1.38 bits per heavy atom. The third-order valence-corrected chi connectivity index (χ3v) is 2.54. The predicted octanol–water partition coefficient (Wildman–Crippen LogP) is 2.52. The van der Waals surface area contributed by atoms with Gasteiger partial charge in [-0.25, -0.2) is 4.98 Å². The maximum Gasteiger partial charge on any atom is 0.125 e. The summed E-state index contributed by atoms with van der Waals surface area (Å²) in [5, 5.41) is 7.36. The van der Waals surface area contributed by atoms with Crippen molar-refractivity contribution in [1.82, 2.24) is 14.8 Å². The zero-order chi connectivity index (χ0) is 11.4. The molecule has 2 rings (SSSR count). The lowest BCUT2D eigenvalue weighted by molar-refractivity contribution is 0.684. The van der Waals surface area contributed by atoms with Crippen molar-refractivity contribution in [3.63, 3.8) is 0 Å². The molecule has 0 atom stereocenters. The minimum Gasteiger partial charge on any atom is -0.370 e. The first-order valence-electron chi connectivity index (χ1n) is 5.14. The summed E-state index contributed by atoms with van der Waals surface area (Å²) in [6.45, 7) is 3.68. The van der Waals surface area contributed by atoms with E-state index in [0.717, 1.165) is 28.9 Å². The van der Waals surface area contributed by atoms with Gasteiger partial charge in [0.15, 0.2) is 0 Å². The number of hydrogen-bond acceptors (Lipinski definition) is 3. The fourth-order valence-electron chi connectivity index (χ4n) is 1.42. The standard InChI is InChI=1S/C11H13BrN4/c1-2-13-11-4-3-9(5-14-11)7-16-8-10(12)6-15-16/h3-6,8H,2,7H2,1H3,(H,13,14). The Hall–Kier alpha value is -1.36. The van der Waals surface area contributed by atoms with Gasteiger partial charge in [-0.05, 0) is 34.5 Å². The molecule has 0 saturated carbocycles. The van der Waals surface area contributed by atoms with Crippen LogP contribution < -0.4 is 5.32 Å². The van der Waals surface area contributed by atoms with Crippen LogP contribution in [0.2, 0.25) is 0 Å². The number of halogens is 1. The molecule has 0 spiro atoms. The van der Waals surface area contributed by atoms with Gasteiger partial charge in [0.25, 0.3) is 0 Å². The molecule has 0 aliphatic carbocycles. The van der Waals surface area contributed by atoms with Crippen molar-refractivity contribution in [2.24, 2.45) is 0 Å². The molecule has 0 bridgehead atoms. The first kappa shape index (κ1) is 11.1. The predicted molar refractivity (Wildman–Crippen MR) is 67.4 cm³/mol. The quantitative estimate of drug-likeness (QED) is 0.936. The molecule has 2 aromatic rings. The first-order chi connectivity index (χ1) is 7.78. The molecular formula is C11H13BrN4. The van der Waals surface area contributed by atoms with Crippen molar-refractivity contribution in [3.8, 4) is 0 Å². The normalized spacial score (nSPS) is 10.4. The molecule has 2 aromatic heterocycles. The number of hydrogen-bond donors (Lipinski definition) is 1. The van der Waals surface area contributed by atoms with Crippen LogP contribution in [0.5, 0.6) is 0 Å². The summed E-state index contributed by atoms with van der Waals surface area (Å²) in [4.78, 5) is 4.31. The maximum atomic E-state index is 4.31. The summed E-state index contributed by atoms with van der Waals surface area (Å²) in [6.07, 6.45) is 5.59. The SMILES string of the molecule is CCNc1ccc(Cn2cc(Br)cn2)cn1. The van der Waals surface area contributed by atoms with Crippen LogP contribution in [0.3, 0.4) is 0 Å². The fourth-order valence-corrected chi connectivity index (χ4v) is 1.74. The van der Waals surface area contributed by atoms with Gasteiger partial charge >= 0.3 is 0 Å². The van der Waals surface area contributed by atoms with Gasteiger partial charge in [0, 0.05) is 18.9 Å². The highest BCUT2D eigenvalue weighted by Crippen LogP contribution is 2.09. The Morgan fingerprint density at radius 2 is 2.25 bits per heavy atom. The van der Waals surface area contributed by atoms with Crippen LogP contribution in [0.4, 0.5) is 5.82 Å². The smallest absolute Gasteiger partial charge is 0.125 e. The molecule has 16 heavy (non-hydrogen) atoms. The lowest BCUT2D eigenvalue weighted by Crippen LogP contribution is -2.02. The summed E-state index contributed by atoms with van der Waals surface area (Å²) in [7, 11) is 0. The van der Waals surface area contributed by atoms with Gasteiger partial charge in [0.2, 0.25) is 0 Å². The van der Waals surface area contributed by atoms with Crippen molar-refractivity contribution >= 4 is 21.7 Å². The molecule has 4 nitrogen and oxygen atoms in total. The molecule has 0 aliphatic heterocycles. The van der Waals surface area contributed by atoms with Gasteiger partial charge in [-0.1, -0.05) is 6.07 Å². The minimum atomic E-state index is 0.741. The van der Waals surface area contributed by atoms with Crippen LogP contribution in [0.25, 0.3) is 0 Å². The number of pyridine rings is 1. The number of anilines is 1. The minimum absolute atomic E-state index is 0.741. The van der Waals surface area contributed by atoms with Crippen LogP contribution in [-0.2, 0) is 6.54 Å². The third kappa shape index (κ3) is 2.82. The maximum absolute atomic E-state index is 4.31. The molecule has 1 N–H and O–H groups in total. The molecule has 0 amide bonds. The highest BCUT2D eigenvalue weighted by molar-refractivity contribution is 9.10. The molecule has 84 valence electrons. The third-order valence-electron chi connectivity index (χ3n) is 2.13. The van der Waals surface area contributed by atoms with E-state index < -0.39 is 0 Å². The van der Waals surface area contributed by atoms with Gasteiger partial charge in [-0.3, -0.25) is 4.68 Å². The number of aromatic nitrogens is 3. The van der Waals surface area contributed by atoms with E-state index in [9.17, 15) is 0 Å². The Bertz CT molecular complexity index is 449. The number of rotatable bonds is 4. The van der Waals surface area contributed by atoms with Gasteiger partial charge in [-0.2, -0.15) is 5.10 Å². The van der Waals surface area contributed by atoms with E-state index in [2.05, 4.69) is 44.3 Å². The summed E-state index contributed by atoms with van der Waals surface area (Å²) in [5.41, 5.74) is 1.14. The van der Waals surface area contributed by atoms with Crippen molar-refractivity contribution in [2.45, 2.75) is 13.5 Å². The second-order valence-corrected chi connectivity index (χ2v) is 4.35. The largest absolute Gasteiger partial charge is 0.370 e. The van der Waals surface area contributed by atoms with Crippen LogP contribution in [-0.4, -0.2) is 21.3 Å².